The molecule has 0 fully saturated rings. The number of hydrogen-bond acceptors (Lipinski definition) is 3. The highest BCUT2D eigenvalue weighted by Crippen LogP contribution is 2.32. The normalized spacial score (nSPS) is 10.5. The maximum absolute atomic E-state index is 10.8. The van der Waals surface area contributed by atoms with Gasteiger partial charge in [-0.3, -0.25) is 0 Å². The topological polar surface area (TPSA) is 53.3 Å². The van der Waals surface area contributed by atoms with Gasteiger partial charge in [0.05, 0.1) is 11.0 Å². The molecular formula is C12H7Cl2O3-. The van der Waals surface area contributed by atoms with E-state index in [4.69, 9.17) is 27.6 Å². The van der Waals surface area contributed by atoms with Gasteiger partial charge < -0.3 is 14.3 Å². The first kappa shape index (κ1) is 12.0. The number of carbonyl (C=O) groups excluding carboxylic acids is 1. The van der Waals surface area contributed by atoms with Gasteiger partial charge in [-0.2, -0.15) is 0 Å². The first-order valence-electron chi connectivity index (χ1n) is 4.76. The van der Waals surface area contributed by atoms with Crippen molar-refractivity contribution in [2.75, 3.05) is 0 Å². The van der Waals surface area contributed by atoms with E-state index < -0.39 is 5.97 Å². The zero-order valence-electron chi connectivity index (χ0n) is 8.79. The Hall–Kier alpha value is -1.45. The number of aryl methyl sites for hydroxylation is 1. The first-order chi connectivity index (χ1) is 7.99. The highest BCUT2D eigenvalue weighted by molar-refractivity contribution is 6.36. The largest absolute Gasteiger partial charge is 0.545 e. The lowest BCUT2D eigenvalue weighted by atomic mass is 10.1. The monoisotopic (exact) mass is 269 g/mol. The van der Waals surface area contributed by atoms with Crippen LogP contribution in [0.3, 0.4) is 0 Å². The minimum absolute atomic E-state index is 0.0195. The second-order valence-corrected chi connectivity index (χ2v) is 4.34. The SMILES string of the molecule is Cc1oc(-c2ccc(Cl)cc2Cl)cc1C(=O)[O-]. The van der Waals surface area contributed by atoms with Gasteiger partial charge in [-0.1, -0.05) is 23.2 Å². The van der Waals surface area contributed by atoms with Crippen molar-refractivity contribution < 1.29 is 14.3 Å². The molecule has 0 aliphatic heterocycles. The van der Waals surface area contributed by atoms with E-state index >= 15 is 0 Å². The summed E-state index contributed by atoms with van der Waals surface area (Å²) in [6.07, 6.45) is 0. The Morgan fingerprint density at radius 1 is 1.29 bits per heavy atom. The van der Waals surface area contributed by atoms with Crippen molar-refractivity contribution >= 4 is 29.2 Å². The van der Waals surface area contributed by atoms with E-state index in [1.165, 1.54) is 6.07 Å². The van der Waals surface area contributed by atoms with Crippen LogP contribution in [0.1, 0.15) is 16.1 Å². The molecule has 0 spiro atoms. The third-order valence-corrected chi connectivity index (χ3v) is 2.88. The van der Waals surface area contributed by atoms with Crippen molar-refractivity contribution in [2.24, 2.45) is 0 Å². The van der Waals surface area contributed by atoms with E-state index in [-0.39, 0.29) is 11.3 Å². The molecule has 0 unspecified atom stereocenters. The molecule has 2 aromatic rings. The average molecular weight is 270 g/mol. The number of hydrogen-bond donors (Lipinski definition) is 0. The lowest BCUT2D eigenvalue weighted by Gasteiger charge is -2.00. The Kier molecular flexibility index (Phi) is 3.13. The van der Waals surface area contributed by atoms with Crippen LogP contribution in [-0.4, -0.2) is 5.97 Å². The number of rotatable bonds is 2. The molecule has 5 heteroatoms. The van der Waals surface area contributed by atoms with Gasteiger partial charge in [-0.25, -0.2) is 0 Å². The molecule has 0 aliphatic carbocycles. The van der Waals surface area contributed by atoms with Crippen LogP contribution in [0.15, 0.2) is 28.7 Å². The Morgan fingerprint density at radius 2 is 2.00 bits per heavy atom. The predicted octanol–water partition coefficient (Wildman–Crippen LogP) is 2.93. The van der Waals surface area contributed by atoms with Crippen molar-refractivity contribution in [1.29, 1.82) is 0 Å². The van der Waals surface area contributed by atoms with E-state index in [9.17, 15) is 9.90 Å². The number of carboxylic acids is 1. The van der Waals surface area contributed by atoms with Gasteiger partial charge in [0, 0.05) is 16.1 Å². The Morgan fingerprint density at radius 3 is 2.53 bits per heavy atom. The van der Waals surface area contributed by atoms with Crippen LogP contribution in [0, 0.1) is 6.92 Å². The predicted molar refractivity (Wildman–Crippen MR) is 63.2 cm³/mol. The van der Waals surface area contributed by atoms with Crippen LogP contribution in [-0.2, 0) is 0 Å². The molecule has 1 heterocycles. The van der Waals surface area contributed by atoms with Gasteiger partial charge in [0.2, 0.25) is 0 Å². The van der Waals surface area contributed by atoms with Gasteiger partial charge in [0.25, 0.3) is 0 Å². The van der Waals surface area contributed by atoms with Crippen LogP contribution in [0.25, 0.3) is 11.3 Å². The second kappa shape index (κ2) is 4.43. The van der Waals surface area contributed by atoms with Crippen LogP contribution in [0.4, 0.5) is 0 Å². The van der Waals surface area contributed by atoms with E-state index in [2.05, 4.69) is 0 Å². The molecule has 3 nitrogen and oxygen atoms in total. The maximum atomic E-state index is 10.8. The number of halogens is 2. The molecule has 0 saturated heterocycles. The van der Waals surface area contributed by atoms with Crippen LogP contribution in [0.2, 0.25) is 10.0 Å². The summed E-state index contributed by atoms with van der Waals surface area (Å²) < 4.78 is 5.33. The van der Waals surface area contributed by atoms with E-state index in [1.54, 1.807) is 25.1 Å². The van der Waals surface area contributed by atoms with Crippen molar-refractivity contribution in [1.82, 2.24) is 0 Å². The van der Waals surface area contributed by atoms with Gasteiger partial charge in [0.1, 0.15) is 11.5 Å². The fraction of sp³-hybridized carbons (Fsp3) is 0.0833. The van der Waals surface area contributed by atoms with E-state index in [0.29, 0.717) is 21.4 Å². The van der Waals surface area contributed by atoms with Crippen molar-refractivity contribution in [2.45, 2.75) is 6.92 Å². The standard InChI is InChI=1S/C12H8Cl2O3/c1-6-9(12(15)16)5-11(17-6)8-3-2-7(13)4-10(8)14/h2-5H,1H3,(H,15,16)/p-1. The summed E-state index contributed by atoms with van der Waals surface area (Å²) in [5.74, 6) is -0.614. The van der Waals surface area contributed by atoms with Gasteiger partial charge in [0.15, 0.2) is 0 Å². The first-order valence-corrected chi connectivity index (χ1v) is 5.52. The molecule has 17 heavy (non-hydrogen) atoms. The molecule has 1 aromatic carbocycles. The van der Waals surface area contributed by atoms with Gasteiger partial charge >= 0.3 is 0 Å². The Balaban J connectivity index is 2.53. The van der Waals surface area contributed by atoms with E-state index in [1.807, 2.05) is 0 Å². The zero-order valence-corrected chi connectivity index (χ0v) is 10.3. The zero-order chi connectivity index (χ0) is 12.6. The summed E-state index contributed by atoms with van der Waals surface area (Å²) in [5, 5.41) is 11.7. The summed E-state index contributed by atoms with van der Waals surface area (Å²) in [7, 11) is 0. The summed E-state index contributed by atoms with van der Waals surface area (Å²) >= 11 is 11.8. The van der Waals surface area contributed by atoms with E-state index in [0.717, 1.165) is 0 Å². The highest BCUT2D eigenvalue weighted by atomic mass is 35.5. The van der Waals surface area contributed by atoms with Gasteiger partial charge in [-0.15, -0.1) is 0 Å². The number of furan rings is 1. The quantitative estimate of drug-likeness (QED) is 0.843. The maximum Gasteiger partial charge on any atom is 0.136 e. The average Bonchev–Trinajstić information content (AvgIpc) is 2.60. The van der Waals surface area contributed by atoms with Crippen LogP contribution < -0.4 is 5.11 Å². The Bertz CT molecular complexity index is 587. The fourth-order valence-corrected chi connectivity index (χ4v) is 2.01. The van der Waals surface area contributed by atoms with Crippen LogP contribution >= 0.6 is 23.2 Å². The minimum Gasteiger partial charge on any atom is -0.545 e. The number of carbonyl (C=O) groups is 1. The lowest BCUT2D eigenvalue weighted by Crippen LogP contribution is -2.22. The number of aromatic carboxylic acids is 1. The summed E-state index contributed by atoms with van der Waals surface area (Å²) in [4.78, 5) is 10.8. The minimum atomic E-state index is -1.28. The van der Waals surface area contributed by atoms with Crippen molar-refractivity contribution in [3.63, 3.8) is 0 Å². The molecule has 0 atom stereocenters. The summed E-state index contributed by atoms with van der Waals surface area (Å²) in [5.41, 5.74) is 0.609. The molecular weight excluding hydrogens is 263 g/mol. The molecule has 0 amide bonds. The summed E-state index contributed by atoms with van der Waals surface area (Å²) in [6, 6.07) is 6.27. The molecule has 2 rings (SSSR count). The third-order valence-electron chi connectivity index (χ3n) is 2.33. The van der Waals surface area contributed by atoms with Crippen molar-refractivity contribution in [3.05, 3.63) is 45.6 Å². The van der Waals surface area contributed by atoms with Crippen LogP contribution in [0.5, 0.6) is 0 Å². The highest BCUT2D eigenvalue weighted by Gasteiger charge is 2.12. The lowest BCUT2D eigenvalue weighted by molar-refractivity contribution is -0.255. The molecule has 0 saturated carbocycles. The molecule has 0 N–H and O–H groups in total. The fourth-order valence-electron chi connectivity index (χ4n) is 1.51. The molecule has 1 aromatic heterocycles. The molecule has 88 valence electrons. The number of benzene rings is 1. The smallest absolute Gasteiger partial charge is 0.136 e. The van der Waals surface area contributed by atoms with Crippen molar-refractivity contribution in [3.8, 4) is 11.3 Å². The molecule has 0 bridgehead atoms. The third kappa shape index (κ3) is 2.30. The van der Waals surface area contributed by atoms with Gasteiger partial charge in [-0.05, 0) is 31.2 Å². The summed E-state index contributed by atoms with van der Waals surface area (Å²) in [6.45, 7) is 1.55. The second-order valence-electron chi connectivity index (χ2n) is 3.49. The Labute approximate surface area is 108 Å². The molecule has 0 aliphatic rings. The molecule has 0 radical (unpaired) electrons. The number of carboxylic acid groups (broad SMARTS) is 1.